The van der Waals surface area contributed by atoms with E-state index in [1.54, 1.807) is 24.2 Å². The number of aromatic nitrogens is 5. The maximum absolute atomic E-state index is 13.6. The number of rotatable bonds is 6. The Balaban J connectivity index is 1.28. The Hall–Kier alpha value is -5.46. The standard InChI is InChI=1S/C31H27F3N8O2/c1-17-9-11-20(27-35-15-24(38-27)22-7-5-6-8-26(22)44-31(32,33)34)13-25(17)42-16-21-14-36-29(40-28(21)41(4)30(42)43)39-23-12-10-18(2)37-19(23)3/h5-15H,16H2,1-4H3,(H,35,38)(H,36,39,40). The Labute approximate surface area is 250 Å². The van der Waals surface area contributed by atoms with E-state index in [1.165, 1.54) is 29.3 Å². The highest BCUT2D eigenvalue weighted by molar-refractivity contribution is 6.05. The van der Waals surface area contributed by atoms with E-state index in [4.69, 9.17) is 0 Å². The zero-order chi connectivity index (χ0) is 31.2. The first-order valence-electron chi connectivity index (χ1n) is 13.6. The molecule has 0 saturated carbocycles. The molecular formula is C31H27F3N8O2. The van der Waals surface area contributed by atoms with Crippen LogP contribution < -0.4 is 19.9 Å². The van der Waals surface area contributed by atoms with Crippen molar-refractivity contribution >= 4 is 29.2 Å². The van der Waals surface area contributed by atoms with Crippen LogP contribution in [0, 0.1) is 20.8 Å². The lowest BCUT2D eigenvalue weighted by Crippen LogP contribution is -2.46. The molecule has 3 aromatic heterocycles. The molecule has 0 radical (unpaired) electrons. The van der Waals surface area contributed by atoms with Crippen molar-refractivity contribution in [1.82, 2.24) is 24.9 Å². The Bertz CT molecular complexity index is 1890. The molecule has 0 fully saturated rings. The number of hydrogen-bond donors (Lipinski definition) is 2. The molecule has 0 aliphatic carbocycles. The van der Waals surface area contributed by atoms with Crippen LogP contribution in [-0.2, 0) is 6.54 Å². The van der Waals surface area contributed by atoms with Crippen molar-refractivity contribution in [3.8, 4) is 28.4 Å². The Morgan fingerprint density at radius 2 is 1.77 bits per heavy atom. The third-order valence-corrected chi connectivity index (χ3v) is 7.23. The minimum absolute atomic E-state index is 0.211. The molecule has 2 amide bonds. The number of para-hydroxylation sites is 1. The quantitative estimate of drug-likeness (QED) is 0.214. The number of alkyl halides is 3. The van der Waals surface area contributed by atoms with Gasteiger partial charge in [-0.15, -0.1) is 13.2 Å². The van der Waals surface area contributed by atoms with Gasteiger partial charge in [-0.2, -0.15) is 4.98 Å². The molecule has 5 aromatic rings. The smallest absolute Gasteiger partial charge is 0.405 e. The second-order valence-electron chi connectivity index (χ2n) is 10.4. The van der Waals surface area contributed by atoms with Gasteiger partial charge in [0.15, 0.2) is 0 Å². The van der Waals surface area contributed by atoms with E-state index in [0.29, 0.717) is 34.5 Å². The highest BCUT2D eigenvalue weighted by Gasteiger charge is 2.33. The SMILES string of the molecule is Cc1ccc(Nc2ncc3c(n2)N(C)C(=O)N(c2cc(-c4ncc(-c5ccccc5OC(F)(F)F)[nH]4)ccc2C)C3)c(C)n1. The summed E-state index contributed by atoms with van der Waals surface area (Å²) in [6, 6.07) is 14.9. The van der Waals surface area contributed by atoms with Crippen LogP contribution in [0.25, 0.3) is 22.6 Å². The minimum atomic E-state index is -4.84. The first-order valence-corrected chi connectivity index (χ1v) is 13.6. The fourth-order valence-electron chi connectivity index (χ4n) is 5.05. The van der Waals surface area contributed by atoms with Gasteiger partial charge in [-0.25, -0.2) is 14.8 Å². The predicted octanol–water partition coefficient (Wildman–Crippen LogP) is 7.07. The van der Waals surface area contributed by atoms with E-state index < -0.39 is 6.36 Å². The van der Waals surface area contributed by atoms with E-state index in [-0.39, 0.29) is 23.9 Å². The Kier molecular flexibility index (Phi) is 7.15. The number of aromatic amines is 1. The van der Waals surface area contributed by atoms with Gasteiger partial charge in [0.25, 0.3) is 0 Å². The lowest BCUT2D eigenvalue weighted by Gasteiger charge is -2.35. The summed E-state index contributed by atoms with van der Waals surface area (Å²) < 4.78 is 43.1. The first-order chi connectivity index (χ1) is 21.0. The largest absolute Gasteiger partial charge is 0.573 e. The number of halogens is 3. The predicted molar refractivity (Wildman–Crippen MR) is 160 cm³/mol. The molecule has 2 aromatic carbocycles. The average molecular weight is 601 g/mol. The molecule has 2 N–H and O–H groups in total. The maximum Gasteiger partial charge on any atom is 0.573 e. The molecule has 0 spiro atoms. The number of carbonyl (C=O) groups is 1. The fourth-order valence-corrected chi connectivity index (χ4v) is 5.05. The second-order valence-corrected chi connectivity index (χ2v) is 10.4. The van der Waals surface area contributed by atoms with Crippen molar-refractivity contribution in [1.29, 1.82) is 0 Å². The molecule has 44 heavy (non-hydrogen) atoms. The summed E-state index contributed by atoms with van der Waals surface area (Å²) in [7, 11) is 1.65. The molecule has 6 rings (SSSR count). The fraction of sp³-hybridized carbons (Fsp3) is 0.194. The van der Waals surface area contributed by atoms with Gasteiger partial charge in [0.05, 0.1) is 29.8 Å². The topological polar surface area (TPSA) is 112 Å². The lowest BCUT2D eigenvalue weighted by molar-refractivity contribution is -0.274. The third kappa shape index (κ3) is 5.63. The molecule has 13 heteroatoms. The summed E-state index contributed by atoms with van der Waals surface area (Å²) >= 11 is 0. The molecule has 0 bridgehead atoms. The summed E-state index contributed by atoms with van der Waals surface area (Å²) in [6.45, 7) is 5.93. The number of ether oxygens (including phenoxy) is 1. The van der Waals surface area contributed by atoms with Gasteiger partial charge in [0.1, 0.15) is 17.4 Å². The van der Waals surface area contributed by atoms with E-state index >= 15 is 0 Å². The summed E-state index contributed by atoms with van der Waals surface area (Å²) in [5, 5.41) is 3.18. The molecule has 224 valence electrons. The van der Waals surface area contributed by atoms with Gasteiger partial charge < -0.3 is 15.0 Å². The summed E-state index contributed by atoms with van der Waals surface area (Å²) in [6.07, 6.45) is -1.70. The van der Waals surface area contributed by atoms with Gasteiger partial charge in [0.2, 0.25) is 5.95 Å². The van der Waals surface area contributed by atoms with Crippen LogP contribution in [-0.4, -0.2) is 44.4 Å². The number of pyridine rings is 1. The Morgan fingerprint density at radius 1 is 0.977 bits per heavy atom. The molecule has 0 unspecified atom stereocenters. The lowest BCUT2D eigenvalue weighted by atomic mass is 10.1. The number of hydrogen-bond acceptors (Lipinski definition) is 7. The number of nitrogens with one attached hydrogen (secondary N) is 2. The van der Waals surface area contributed by atoms with Crippen LogP contribution in [0.4, 0.5) is 41.1 Å². The maximum atomic E-state index is 13.6. The number of aryl methyl sites for hydroxylation is 3. The van der Waals surface area contributed by atoms with E-state index in [1.807, 2.05) is 51.1 Å². The summed E-state index contributed by atoms with van der Waals surface area (Å²) in [4.78, 5) is 37.8. The average Bonchev–Trinajstić information content (AvgIpc) is 3.47. The first kappa shape index (κ1) is 28.6. The van der Waals surface area contributed by atoms with Crippen LogP contribution in [0.2, 0.25) is 0 Å². The number of anilines is 4. The molecule has 10 nitrogen and oxygen atoms in total. The molecule has 1 aliphatic heterocycles. The number of fused-ring (bicyclic) bond motifs is 1. The van der Waals surface area contributed by atoms with Crippen molar-refractivity contribution in [2.24, 2.45) is 0 Å². The van der Waals surface area contributed by atoms with Crippen molar-refractivity contribution in [3.63, 3.8) is 0 Å². The van der Waals surface area contributed by atoms with Crippen LogP contribution in [0.3, 0.4) is 0 Å². The third-order valence-electron chi connectivity index (χ3n) is 7.23. The van der Waals surface area contributed by atoms with Gasteiger partial charge in [-0.1, -0.05) is 24.3 Å². The zero-order valence-corrected chi connectivity index (χ0v) is 24.2. The van der Waals surface area contributed by atoms with Crippen LogP contribution in [0.5, 0.6) is 5.75 Å². The molecular weight excluding hydrogens is 573 g/mol. The number of H-pyrrole nitrogens is 1. The van der Waals surface area contributed by atoms with Crippen molar-refractivity contribution in [3.05, 3.63) is 89.5 Å². The summed E-state index contributed by atoms with van der Waals surface area (Å²) in [5.74, 6) is 0.915. The number of imidazole rings is 1. The number of urea groups is 1. The monoisotopic (exact) mass is 600 g/mol. The van der Waals surface area contributed by atoms with Crippen LogP contribution in [0.1, 0.15) is 22.5 Å². The zero-order valence-electron chi connectivity index (χ0n) is 24.2. The molecule has 0 saturated heterocycles. The highest BCUT2D eigenvalue weighted by Crippen LogP contribution is 2.36. The van der Waals surface area contributed by atoms with E-state index in [9.17, 15) is 18.0 Å². The molecule has 0 atom stereocenters. The number of benzene rings is 2. The van der Waals surface area contributed by atoms with Gasteiger partial charge >= 0.3 is 12.4 Å². The minimum Gasteiger partial charge on any atom is -0.405 e. The van der Waals surface area contributed by atoms with Gasteiger partial charge in [0, 0.05) is 41.3 Å². The molecule has 1 aliphatic rings. The van der Waals surface area contributed by atoms with Gasteiger partial charge in [-0.3, -0.25) is 14.8 Å². The van der Waals surface area contributed by atoms with E-state index in [0.717, 1.165) is 28.2 Å². The van der Waals surface area contributed by atoms with Crippen molar-refractivity contribution < 1.29 is 22.7 Å². The highest BCUT2D eigenvalue weighted by atomic mass is 19.4. The Morgan fingerprint density at radius 3 is 2.55 bits per heavy atom. The summed E-state index contributed by atoms with van der Waals surface area (Å²) in [5.41, 5.74) is 5.92. The number of carbonyl (C=O) groups excluding carboxylic acids is 1. The van der Waals surface area contributed by atoms with Crippen LogP contribution >= 0.6 is 0 Å². The normalized spacial score (nSPS) is 13.2. The van der Waals surface area contributed by atoms with E-state index in [2.05, 4.69) is 35.0 Å². The second kappa shape index (κ2) is 11.0. The van der Waals surface area contributed by atoms with Gasteiger partial charge in [-0.05, 0) is 56.7 Å². The molecule has 4 heterocycles. The van der Waals surface area contributed by atoms with Crippen LogP contribution in [0.15, 0.2) is 67.0 Å². The van der Waals surface area contributed by atoms with Crippen molar-refractivity contribution in [2.75, 3.05) is 22.2 Å². The number of amides is 2. The van der Waals surface area contributed by atoms with Crippen molar-refractivity contribution in [2.45, 2.75) is 33.7 Å². The number of nitrogens with zero attached hydrogens (tertiary/aromatic N) is 6.